The first-order valence-electron chi connectivity index (χ1n) is 8.50. The molecule has 28 heavy (non-hydrogen) atoms. The van der Waals surface area contributed by atoms with Gasteiger partial charge in [0.1, 0.15) is 5.82 Å². The molecule has 0 atom stereocenters. The highest BCUT2D eigenvalue weighted by atomic mass is 32.2. The third-order valence-electron chi connectivity index (χ3n) is 4.16. The molecule has 0 amide bonds. The molecule has 142 valence electrons. The summed E-state index contributed by atoms with van der Waals surface area (Å²) in [6, 6.07) is 10.6. The van der Waals surface area contributed by atoms with Gasteiger partial charge in [0.2, 0.25) is 0 Å². The van der Waals surface area contributed by atoms with Crippen molar-refractivity contribution in [3.8, 4) is 11.4 Å². The van der Waals surface area contributed by atoms with E-state index in [-0.39, 0.29) is 5.75 Å². The van der Waals surface area contributed by atoms with Gasteiger partial charge in [-0.05, 0) is 24.3 Å². The van der Waals surface area contributed by atoms with E-state index >= 15 is 0 Å². The van der Waals surface area contributed by atoms with Gasteiger partial charge >= 0.3 is 6.55 Å². The second kappa shape index (κ2) is 7.89. The van der Waals surface area contributed by atoms with Crippen LogP contribution in [-0.2, 0) is 12.3 Å². The van der Waals surface area contributed by atoms with Gasteiger partial charge in [-0.25, -0.2) is 4.98 Å². The first-order chi connectivity index (χ1) is 13.7. The van der Waals surface area contributed by atoms with Crippen molar-refractivity contribution in [1.82, 2.24) is 29.3 Å². The molecule has 0 aliphatic rings. The number of pyridine rings is 1. The third kappa shape index (κ3) is 3.40. The number of thioether (sulfide) groups is 1. The summed E-state index contributed by atoms with van der Waals surface area (Å²) in [5, 5.41) is 9.11. The quantitative estimate of drug-likeness (QED) is 0.337. The van der Waals surface area contributed by atoms with Gasteiger partial charge in [-0.15, -0.1) is 16.8 Å². The van der Waals surface area contributed by atoms with Gasteiger partial charge in [0.25, 0.3) is 0 Å². The summed E-state index contributed by atoms with van der Waals surface area (Å²) < 4.78 is 30.1. The first kappa shape index (κ1) is 18.3. The van der Waals surface area contributed by atoms with Crippen molar-refractivity contribution in [2.75, 3.05) is 0 Å². The molecule has 0 saturated heterocycles. The maximum atomic E-state index is 13.6. The topological polar surface area (TPSA) is 61.4 Å². The van der Waals surface area contributed by atoms with Crippen molar-refractivity contribution in [1.29, 1.82) is 0 Å². The van der Waals surface area contributed by atoms with E-state index in [2.05, 4.69) is 26.7 Å². The number of imidazole rings is 1. The number of hydrogen-bond donors (Lipinski definition) is 0. The Kier molecular flexibility index (Phi) is 5.16. The number of fused-ring (bicyclic) bond motifs is 1. The number of rotatable bonds is 7. The van der Waals surface area contributed by atoms with Gasteiger partial charge in [0.05, 0.1) is 16.8 Å². The fraction of sp³-hybridized carbons (Fsp3) is 0.158. The summed E-state index contributed by atoms with van der Waals surface area (Å²) in [5.74, 6) is 1.21. The molecule has 1 aromatic carbocycles. The van der Waals surface area contributed by atoms with Crippen molar-refractivity contribution in [3.63, 3.8) is 0 Å². The van der Waals surface area contributed by atoms with Crippen LogP contribution in [0.5, 0.6) is 0 Å². The smallest absolute Gasteiger partial charge is 0.298 e. The van der Waals surface area contributed by atoms with Crippen molar-refractivity contribution >= 4 is 22.8 Å². The van der Waals surface area contributed by atoms with E-state index in [1.54, 1.807) is 42.7 Å². The van der Waals surface area contributed by atoms with E-state index < -0.39 is 6.55 Å². The zero-order valence-corrected chi connectivity index (χ0v) is 15.6. The van der Waals surface area contributed by atoms with Gasteiger partial charge < -0.3 is 0 Å². The highest BCUT2D eigenvalue weighted by Crippen LogP contribution is 2.29. The van der Waals surface area contributed by atoms with Crippen LogP contribution in [0, 0.1) is 0 Å². The molecule has 0 saturated carbocycles. The summed E-state index contributed by atoms with van der Waals surface area (Å²) in [5.41, 5.74) is 1.83. The molecule has 0 N–H and O–H groups in total. The second-order valence-corrected chi connectivity index (χ2v) is 6.84. The Morgan fingerprint density at radius 1 is 1.11 bits per heavy atom. The molecule has 0 aliphatic heterocycles. The van der Waals surface area contributed by atoms with Gasteiger partial charge in [0, 0.05) is 24.5 Å². The SMILES string of the molecule is C=CCn1c(SCc2nc3ccccc3n2C(F)F)nnc1-c1ccncc1. The Balaban J connectivity index is 1.66. The molecule has 9 heteroatoms. The second-order valence-electron chi connectivity index (χ2n) is 5.89. The van der Waals surface area contributed by atoms with Gasteiger partial charge in [0.15, 0.2) is 11.0 Å². The molecule has 4 aromatic rings. The Morgan fingerprint density at radius 3 is 2.64 bits per heavy atom. The number of aromatic nitrogens is 6. The first-order valence-corrected chi connectivity index (χ1v) is 9.49. The van der Waals surface area contributed by atoms with Gasteiger partial charge in [-0.2, -0.15) is 8.78 Å². The summed E-state index contributed by atoms with van der Waals surface area (Å²) in [6.45, 7) is 1.62. The lowest BCUT2D eigenvalue weighted by molar-refractivity contribution is 0.0722. The molecular weight excluding hydrogens is 382 g/mol. The zero-order valence-electron chi connectivity index (χ0n) is 14.7. The average Bonchev–Trinajstić information content (AvgIpc) is 3.28. The van der Waals surface area contributed by atoms with Crippen LogP contribution in [0.1, 0.15) is 12.4 Å². The summed E-state index contributed by atoms with van der Waals surface area (Å²) in [7, 11) is 0. The monoisotopic (exact) mass is 398 g/mol. The lowest BCUT2D eigenvalue weighted by Crippen LogP contribution is -2.05. The largest absolute Gasteiger partial charge is 0.320 e. The van der Waals surface area contributed by atoms with E-state index in [0.29, 0.717) is 34.4 Å². The molecule has 0 spiro atoms. The molecular formula is C19H16F2N6S. The minimum Gasteiger partial charge on any atom is -0.298 e. The Morgan fingerprint density at radius 2 is 1.89 bits per heavy atom. The predicted octanol–water partition coefficient (Wildman–Crippen LogP) is 4.56. The molecule has 0 aliphatic carbocycles. The van der Waals surface area contributed by atoms with E-state index in [0.717, 1.165) is 10.1 Å². The maximum absolute atomic E-state index is 13.6. The maximum Gasteiger partial charge on any atom is 0.320 e. The molecule has 0 bridgehead atoms. The van der Waals surface area contributed by atoms with Crippen LogP contribution in [0.3, 0.4) is 0 Å². The van der Waals surface area contributed by atoms with Gasteiger partial charge in [-0.1, -0.05) is 30.0 Å². The minimum atomic E-state index is -2.67. The number of hydrogen-bond acceptors (Lipinski definition) is 5. The molecule has 3 aromatic heterocycles. The lowest BCUT2D eigenvalue weighted by Gasteiger charge is -2.09. The Labute approximate surface area is 164 Å². The van der Waals surface area contributed by atoms with Crippen molar-refractivity contribution in [3.05, 3.63) is 67.3 Å². The summed E-state index contributed by atoms with van der Waals surface area (Å²) >= 11 is 1.31. The molecule has 0 unspecified atom stereocenters. The average molecular weight is 398 g/mol. The highest BCUT2D eigenvalue weighted by Gasteiger charge is 2.19. The highest BCUT2D eigenvalue weighted by molar-refractivity contribution is 7.98. The Bertz CT molecular complexity index is 1110. The van der Waals surface area contributed by atoms with Gasteiger partial charge in [-0.3, -0.25) is 14.1 Å². The molecule has 6 nitrogen and oxygen atoms in total. The van der Waals surface area contributed by atoms with E-state index in [9.17, 15) is 8.78 Å². The van der Waals surface area contributed by atoms with Crippen LogP contribution in [0.4, 0.5) is 8.78 Å². The van der Waals surface area contributed by atoms with Crippen LogP contribution < -0.4 is 0 Å². The fourth-order valence-electron chi connectivity index (χ4n) is 2.95. The number of para-hydroxylation sites is 2. The van der Waals surface area contributed by atoms with Crippen LogP contribution in [0.15, 0.2) is 66.6 Å². The van der Waals surface area contributed by atoms with E-state index in [4.69, 9.17) is 0 Å². The Hall–Kier alpha value is -3.07. The predicted molar refractivity (Wildman–Crippen MR) is 104 cm³/mol. The number of benzene rings is 1. The molecule has 0 fully saturated rings. The van der Waals surface area contributed by atoms with E-state index in [1.165, 1.54) is 11.8 Å². The number of allylic oxidation sites excluding steroid dienone is 1. The molecule has 4 rings (SSSR count). The summed E-state index contributed by atoms with van der Waals surface area (Å²) in [6.07, 6.45) is 5.10. The standard InChI is InChI=1S/C19H16F2N6S/c1-2-11-26-17(13-7-9-22-10-8-13)24-25-19(26)28-12-16-23-14-5-3-4-6-15(14)27(16)18(20)21/h2-10,18H,1,11-12H2. The third-order valence-corrected chi connectivity index (χ3v) is 5.12. The van der Waals surface area contributed by atoms with Crippen molar-refractivity contribution in [2.24, 2.45) is 0 Å². The van der Waals surface area contributed by atoms with Crippen molar-refractivity contribution < 1.29 is 8.78 Å². The zero-order chi connectivity index (χ0) is 19.5. The molecule has 3 heterocycles. The fourth-order valence-corrected chi connectivity index (χ4v) is 3.82. The lowest BCUT2D eigenvalue weighted by atomic mass is 10.2. The van der Waals surface area contributed by atoms with Crippen LogP contribution in [0.25, 0.3) is 22.4 Å². The number of halogens is 2. The number of alkyl halides is 2. The van der Waals surface area contributed by atoms with Crippen LogP contribution >= 0.6 is 11.8 Å². The van der Waals surface area contributed by atoms with E-state index in [1.807, 2.05) is 16.7 Å². The van der Waals surface area contributed by atoms with Crippen LogP contribution in [-0.4, -0.2) is 29.3 Å². The summed E-state index contributed by atoms with van der Waals surface area (Å²) in [4.78, 5) is 8.38. The number of nitrogens with zero attached hydrogens (tertiary/aromatic N) is 6. The normalized spacial score (nSPS) is 11.4. The minimum absolute atomic E-state index is 0.241. The van der Waals surface area contributed by atoms with Crippen LogP contribution in [0.2, 0.25) is 0 Å². The molecule has 0 radical (unpaired) electrons. The van der Waals surface area contributed by atoms with Crippen molar-refractivity contribution in [2.45, 2.75) is 24.0 Å².